The minimum absolute atomic E-state index is 0.0779. The lowest BCUT2D eigenvalue weighted by atomic mass is 10.3. The van der Waals surface area contributed by atoms with E-state index in [1.165, 1.54) is 6.33 Å². The van der Waals surface area contributed by atoms with Crippen LogP contribution in [0, 0.1) is 0 Å². The van der Waals surface area contributed by atoms with Gasteiger partial charge in [-0.05, 0) is 26.0 Å². The minimum atomic E-state index is -0.191. The van der Waals surface area contributed by atoms with E-state index >= 15 is 0 Å². The number of rotatable bonds is 4. The molecule has 27 heavy (non-hydrogen) atoms. The number of hydrogen-bond donors (Lipinski definition) is 1. The molecular formula is C17H23N9O. The molecule has 4 heterocycles. The molecule has 1 unspecified atom stereocenters. The lowest BCUT2D eigenvalue weighted by molar-refractivity contribution is 0.190. The molecule has 1 N–H and O–H groups in total. The fourth-order valence-corrected chi connectivity index (χ4v) is 3.31. The van der Waals surface area contributed by atoms with Gasteiger partial charge in [-0.3, -0.25) is 0 Å². The molecule has 1 atom stereocenters. The van der Waals surface area contributed by atoms with Gasteiger partial charge in [0.25, 0.3) is 0 Å². The molecule has 0 saturated carbocycles. The van der Waals surface area contributed by atoms with Gasteiger partial charge >= 0.3 is 6.03 Å². The highest BCUT2D eigenvalue weighted by Gasteiger charge is 2.24. The third kappa shape index (κ3) is 3.42. The molecule has 1 aliphatic heterocycles. The van der Waals surface area contributed by atoms with Gasteiger partial charge in [0.15, 0.2) is 5.65 Å². The highest BCUT2D eigenvalue weighted by Crippen LogP contribution is 2.15. The van der Waals surface area contributed by atoms with Crippen LogP contribution in [0.15, 0.2) is 30.9 Å². The van der Waals surface area contributed by atoms with Gasteiger partial charge in [-0.1, -0.05) is 0 Å². The van der Waals surface area contributed by atoms with E-state index in [1.54, 1.807) is 15.4 Å². The second kappa shape index (κ2) is 7.22. The summed E-state index contributed by atoms with van der Waals surface area (Å²) < 4.78 is 3.56. The first-order valence-electron chi connectivity index (χ1n) is 9.14. The number of anilines is 1. The lowest BCUT2D eigenvalue weighted by Gasteiger charge is -2.35. The van der Waals surface area contributed by atoms with Gasteiger partial charge < -0.3 is 15.1 Å². The van der Waals surface area contributed by atoms with Crippen molar-refractivity contribution in [1.29, 1.82) is 0 Å². The molecule has 142 valence electrons. The van der Waals surface area contributed by atoms with Crippen molar-refractivity contribution in [3.63, 3.8) is 0 Å². The Morgan fingerprint density at radius 2 is 2.04 bits per heavy atom. The standard InChI is InChI=1S/C17H23N9O/c1-3-25-16(19-12-20-25)13(2)21-17(27)24-10-8-23(9-11-24)15-5-4-14-18-6-7-26(14)22-15/h4-7,12-13H,3,8-11H2,1-2H3,(H,21,27). The maximum Gasteiger partial charge on any atom is 0.318 e. The summed E-state index contributed by atoms with van der Waals surface area (Å²) in [4.78, 5) is 25.1. The highest BCUT2D eigenvalue weighted by molar-refractivity contribution is 5.75. The molecule has 1 saturated heterocycles. The van der Waals surface area contributed by atoms with Crippen LogP contribution in [0.1, 0.15) is 25.7 Å². The molecule has 1 aliphatic rings. The van der Waals surface area contributed by atoms with Crippen molar-refractivity contribution in [3.05, 3.63) is 36.7 Å². The largest absolute Gasteiger partial charge is 0.352 e. The highest BCUT2D eigenvalue weighted by atomic mass is 16.2. The summed E-state index contributed by atoms with van der Waals surface area (Å²) >= 11 is 0. The van der Waals surface area contributed by atoms with Crippen LogP contribution in [0.5, 0.6) is 0 Å². The summed E-state index contributed by atoms with van der Waals surface area (Å²) in [5, 5.41) is 11.7. The van der Waals surface area contributed by atoms with E-state index in [4.69, 9.17) is 0 Å². The van der Waals surface area contributed by atoms with Gasteiger partial charge in [-0.25, -0.2) is 24.0 Å². The topological polar surface area (TPSA) is 96.5 Å². The van der Waals surface area contributed by atoms with E-state index < -0.39 is 0 Å². The van der Waals surface area contributed by atoms with Crippen LogP contribution in [0.25, 0.3) is 5.65 Å². The molecule has 4 rings (SSSR count). The van der Waals surface area contributed by atoms with Crippen LogP contribution in [-0.2, 0) is 6.54 Å². The predicted octanol–water partition coefficient (Wildman–Crippen LogP) is 0.933. The first-order valence-corrected chi connectivity index (χ1v) is 9.14. The van der Waals surface area contributed by atoms with Crippen molar-refractivity contribution < 1.29 is 4.79 Å². The average Bonchev–Trinajstić information content (AvgIpc) is 3.36. The van der Waals surface area contributed by atoms with E-state index in [0.29, 0.717) is 13.1 Å². The monoisotopic (exact) mass is 369 g/mol. The van der Waals surface area contributed by atoms with Crippen LogP contribution >= 0.6 is 0 Å². The quantitative estimate of drug-likeness (QED) is 0.735. The minimum Gasteiger partial charge on any atom is -0.352 e. The van der Waals surface area contributed by atoms with Crippen LogP contribution in [-0.4, -0.2) is 66.5 Å². The van der Waals surface area contributed by atoms with E-state index in [9.17, 15) is 4.79 Å². The number of amides is 2. The zero-order chi connectivity index (χ0) is 18.8. The Kier molecular flexibility index (Phi) is 4.61. The van der Waals surface area contributed by atoms with Crippen molar-refractivity contribution in [2.24, 2.45) is 0 Å². The molecule has 0 aliphatic carbocycles. The number of piperazine rings is 1. The van der Waals surface area contributed by atoms with E-state index in [-0.39, 0.29) is 12.1 Å². The number of carbonyl (C=O) groups is 1. The van der Waals surface area contributed by atoms with Crippen LogP contribution < -0.4 is 10.2 Å². The fourth-order valence-electron chi connectivity index (χ4n) is 3.31. The smallest absolute Gasteiger partial charge is 0.318 e. The summed E-state index contributed by atoms with van der Waals surface area (Å²) in [5.41, 5.74) is 0.825. The van der Waals surface area contributed by atoms with Gasteiger partial charge in [-0.2, -0.15) is 5.10 Å². The van der Waals surface area contributed by atoms with Crippen molar-refractivity contribution in [2.75, 3.05) is 31.1 Å². The molecule has 10 nitrogen and oxygen atoms in total. The maximum absolute atomic E-state index is 12.6. The summed E-state index contributed by atoms with van der Waals surface area (Å²) in [6.07, 6.45) is 5.08. The van der Waals surface area contributed by atoms with Gasteiger partial charge in [0, 0.05) is 45.1 Å². The number of fused-ring (bicyclic) bond motifs is 1. The number of carbonyl (C=O) groups excluding carboxylic acids is 1. The lowest BCUT2D eigenvalue weighted by Crippen LogP contribution is -2.52. The first kappa shape index (κ1) is 17.3. The second-order valence-electron chi connectivity index (χ2n) is 6.50. The fraction of sp³-hybridized carbons (Fsp3) is 0.471. The zero-order valence-corrected chi connectivity index (χ0v) is 15.5. The van der Waals surface area contributed by atoms with Gasteiger partial charge in [0.1, 0.15) is 18.0 Å². The van der Waals surface area contributed by atoms with Crippen LogP contribution in [0.3, 0.4) is 0 Å². The maximum atomic E-state index is 12.6. The van der Waals surface area contributed by atoms with Crippen molar-refractivity contribution in [2.45, 2.75) is 26.4 Å². The molecule has 2 amide bonds. The predicted molar refractivity (Wildman–Crippen MR) is 99.4 cm³/mol. The van der Waals surface area contributed by atoms with E-state index in [1.807, 2.05) is 37.1 Å². The normalized spacial score (nSPS) is 15.9. The Bertz CT molecular complexity index is 925. The number of nitrogens with zero attached hydrogens (tertiary/aromatic N) is 8. The SMILES string of the molecule is CCn1ncnc1C(C)NC(=O)N1CCN(c2ccc3nccn3n2)CC1. The molecule has 0 bridgehead atoms. The summed E-state index contributed by atoms with van der Waals surface area (Å²) in [5.74, 6) is 1.66. The first-order chi connectivity index (χ1) is 13.2. The van der Waals surface area contributed by atoms with Gasteiger partial charge in [-0.15, -0.1) is 5.10 Å². The Labute approximate surface area is 156 Å². The summed E-state index contributed by atoms with van der Waals surface area (Å²) in [6.45, 7) is 7.41. The Balaban J connectivity index is 1.35. The molecule has 0 radical (unpaired) electrons. The van der Waals surface area contributed by atoms with Crippen LogP contribution in [0.4, 0.5) is 10.6 Å². The summed E-state index contributed by atoms with van der Waals surface area (Å²) in [6, 6.07) is 3.65. The van der Waals surface area contributed by atoms with Gasteiger partial charge in [0.2, 0.25) is 0 Å². The number of aryl methyl sites for hydroxylation is 1. The van der Waals surface area contributed by atoms with Crippen molar-refractivity contribution >= 4 is 17.5 Å². The molecule has 1 fully saturated rings. The summed E-state index contributed by atoms with van der Waals surface area (Å²) in [7, 11) is 0. The van der Waals surface area contributed by atoms with E-state index in [0.717, 1.165) is 36.9 Å². The number of nitrogens with one attached hydrogen (secondary N) is 1. The van der Waals surface area contributed by atoms with Crippen molar-refractivity contribution in [1.82, 2.24) is 39.6 Å². The number of imidazole rings is 1. The number of aromatic nitrogens is 6. The number of hydrogen-bond acceptors (Lipinski definition) is 6. The third-order valence-electron chi connectivity index (χ3n) is 4.80. The molecule has 0 aromatic carbocycles. The second-order valence-corrected chi connectivity index (χ2v) is 6.50. The zero-order valence-electron chi connectivity index (χ0n) is 15.5. The molecular weight excluding hydrogens is 346 g/mol. The molecule has 10 heteroatoms. The Morgan fingerprint density at radius 1 is 1.22 bits per heavy atom. The van der Waals surface area contributed by atoms with Gasteiger partial charge in [0.05, 0.1) is 6.04 Å². The van der Waals surface area contributed by atoms with E-state index in [2.05, 4.69) is 30.4 Å². The third-order valence-corrected chi connectivity index (χ3v) is 4.80. The van der Waals surface area contributed by atoms with Crippen LogP contribution in [0.2, 0.25) is 0 Å². The molecule has 0 spiro atoms. The average molecular weight is 369 g/mol. The van der Waals surface area contributed by atoms with Crippen molar-refractivity contribution in [3.8, 4) is 0 Å². The Morgan fingerprint density at radius 3 is 2.81 bits per heavy atom. The Hall–Kier alpha value is -3.17. The number of urea groups is 1. The molecule has 3 aromatic heterocycles. The molecule has 3 aromatic rings.